The van der Waals surface area contributed by atoms with Gasteiger partial charge in [0.25, 0.3) is 0 Å². The van der Waals surface area contributed by atoms with Crippen LogP contribution in [0.4, 0.5) is 5.82 Å². The van der Waals surface area contributed by atoms with Gasteiger partial charge in [0.1, 0.15) is 5.82 Å². The normalized spacial score (nSPS) is 10.9. The summed E-state index contributed by atoms with van der Waals surface area (Å²) in [6.07, 6.45) is 1.85. The average molecular weight is 332 g/mol. The summed E-state index contributed by atoms with van der Waals surface area (Å²) >= 11 is 3.53. The van der Waals surface area contributed by atoms with Crippen LogP contribution in [0.2, 0.25) is 0 Å². The van der Waals surface area contributed by atoms with Crippen molar-refractivity contribution >= 4 is 27.4 Å². The largest absolute Gasteiger partial charge is 0.365 e. The molecule has 0 aliphatic rings. The van der Waals surface area contributed by atoms with Crippen molar-refractivity contribution in [1.82, 2.24) is 14.6 Å². The number of hydrogen-bond donors (Lipinski definition) is 2. The van der Waals surface area contributed by atoms with Crippen molar-refractivity contribution < 1.29 is 0 Å². The maximum Gasteiger partial charge on any atom is 0.153 e. The number of fused-ring (bicyclic) bond motifs is 1. The molecule has 0 spiro atoms. The second kappa shape index (κ2) is 5.60. The number of benzene rings is 1. The number of anilines is 1. The lowest BCUT2D eigenvalue weighted by Crippen LogP contribution is -2.04. The lowest BCUT2D eigenvalue weighted by molar-refractivity contribution is 0.918. The zero-order valence-corrected chi connectivity index (χ0v) is 12.3. The van der Waals surface area contributed by atoms with E-state index in [0.29, 0.717) is 13.1 Å². The van der Waals surface area contributed by atoms with Gasteiger partial charge < -0.3 is 11.1 Å². The maximum atomic E-state index is 5.58. The van der Waals surface area contributed by atoms with Gasteiger partial charge in [-0.15, -0.1) is 5.10 Å². The van der Waals surface area contributed by atoms with E-state index in [9.17, 15) is 0 Å². The summed E-state index contributed by atoms with van der Waals surface area (Å²) in [5.41, 5.74) is 8.40. The summed E-state index contributed by atoms with van der Waals surface area (Å²) in [6, 6.07) is 11.9. The third kappa shape index (κ3) is 2.66. The molecule has 0 aliphatic heterocycles. The molecule has 0 fully saturated rings. The number of imidazole rings is 1. The summed E-state index contributed by atoms with van der Waals surface area (Å²) < 4.78 is 2.83. The first-order valence-electron chi connectivity index (χ1n) is 6.29. The fraction of sp³-hybridized carbons (Fsp3) is 0.143. The first-order valence-corrected chi connectivity index (χ1v) is 7.08. The number of hydrogen-bond acceptors (Lipinski definition) is 4. The Hall–Kier alpha value is -1.92. The van der Waals surface area contributed by atoms with E-state index in [1.807, 2.05) is 36.5 Å². The first kappa shape index (κ1) is 13.1. The van der Waals surface area contributed by atoms with Crippen LogP contribution < -0.4 is 11.1 Å². The molecule has 3 rings (SSSR count). The van der Waals surface area contributed by atoms with Gasteiger partial charge >= 0.3 is 0 Å². The molecule has 5 nitrogen and oxygen atoms in total. The Morgan fingerprint density at radius 3 is 2.85 bits per heavy atom. The molecule has 0 amide bonds. The van der Waals surface area contributed by atoms with E-state index in [1.165, 1.54) is 5.56 Å². The van der Waals surface area contributed by atoms with E-state index in [2.05, 4.69) is 37.4 Å². The molecule has 0 atom stereocenters. The maximum absolute atomic E-state index is 5.58. The third-order valence-electron chi connectivity index (χ3n) is 3.00. The molecule has 1 aromatic carbocycles. The molecule has 0 radical (unpaired) electrons. The Morgan fingerprint density at radius 1 is 1.20 bits per heavy atom. The molecular weight excluding hydrogens is 318 g/mol. The molecule has 3 N–H and O–H groups in total. The zero-order valence-electron chi connectivity index (χ0n) is 10.8. The minimum absolute atomic E-state index is 0.420. The summed E-state index contributed by atoms with van der Waals surface area (Å²) in [6.45, 7) is 1.13. The zero-order chi connectivity index (χ0) is 13.9. The molecule has 3 aromatic rings. The van der Waals surface area contributed by atoms with Crippen molar-refractivity contribution in [3.8, 4) is 0 Å². The van der Waals surface area contributed by atoms with Gasteiger partial charge in [0, 0.05) is 17.6 Å². The van der Waals surface area contributed by atoms with Gasteiger partial charge in [0.05, 0.1) is 11.9 Å². The van der Waals surface area contributed by atoms with Gasteiger partial charge in [-0.25, -0.2) is 9.50 Å². The fourth-order valence-corrected chi connectivity index (χ4v) is 2.38. The molecule has 6 heteroatoms. The summed E-state index contributed by atoms with van der Waals surface area (Å²) in [5.74, 6) is 0.800. The van der Waals surface area contributed by atoms with Crippen LogP contribution in [0.15, 0.2) is 47.1 Å². The minimum atomic E-state index is 0.420. The van der Waals surface area contributed by atoms with E-state index in [1.54, 1.807) is 4.52 Å². The molecule has 0 unspecified atom stereocenters. The van der Waals surface area contributed by atoms with Gasteiger partial charge in [-0.2, -0.15) is 0 Å². The van der Waals surface area contributed by atoms with Crippen LogP contribution in [0.3, 0.4) is 0 Å². The SMILES string of the molecule is NCc1cn2nc(NCc3ccccc3Br)ccc2n1. The van der Waals surface area contributed by atoms with Gasteiger partial charge in [-0.1, -0.05) is 34.1 Å². The summed E-state index contributed by atoms with van der Waals surface area (Å²) in [7, 11) is 0. The Morgan fingerprint density at radius 2 is 2.05 bits per heavy atom. The number of nitrogens with one attached hydrogen (secondary N) is 1. The Labute approximate surface area is 125 Å². The first-order chi connectivity index (χ1) is 9.76. The number of rotatable bonds is 4. The molecule has 20 heavy (non-hydrogen) atoms. The highest BCUT2D eigenvalue weighted by Gasteiger charge is 2.03. The molecule has 2 heterocycles. The Bertz CT molecular complexity index is 737. The van der Waals surface area contributed by atoms with E-state index in [4.69, 9.17) is 5.73 Å². The van der Waals surface area contributed by atoms with Crippen molar-refractivity contribution in [3.05, 3.63) is 58.3 Å². The second-order valence-corrected chi connectivity index (χ2v) is 5.26. The monoisotopic (exact) mass is 331 g/mol. The average Bonchev–Trinajstić information content (AvgIpc) is 2.88. The molecule has 102 valence electrons. The van der Waals surface area contributed by atoms with Crippen LogP contribution in [0.25, 0.3) is 5.65 Å². The molecule has 0 saturated carbocycles. The van der Waals surface area contributed by atoms with Crippen LogP contribution in [0, 0.1) is 0 Å². The van der Waals surface area contributed by atoms with E-state index in [-0.39, 0.29) is 0 Å². The Balaban J connectivity index is 1.79. The number of aromatic nitrogens is 3. The van der Waals surface area contributed by atoms with Crippen molar-refractivity contribution in [2.75, 3.05) is 5.32 Å². The smallest absolute Gasteiger partial charge is 0.153 e. The van der Waals surface area contributed by atoms with Crippen LogP contribution in [0.1, 0.15) is 11.3 Å². The standard InChI is InChI=1S/C14H14BrN5/c15-12-4-2-1-3-10(12)8-17-13-5-6-14-18-11(7-16)9-20(14)19-13/h1-6,9H,7-8,16H2,(H,17,19). The Kier molecular flexibility index (Phi) is 3.66. The molecule has 0 aliphatic carbocycles. The molecule has 2 aromatic heterocycles. The molecular formula is C14H14BrN5. The van der Waals surface area contributed by atoms with Crippen molar-refractivity contribution in [2.45, 2.75) is 13.1 Å². The number of halogens is 1. The highest BCUT2D eigenvalue weighted by molar-refractivity contribution is 9.10. The van der Waals surface area contributed by atoms with Crippen LogP contribution in [0.5, 0.6) is 0 Å². The summed E-state index contributed by atoms with van der Waals surface area (Å²) in [5, 5.41) is 7.76. The van der Waals surface area contributed by atoms with Gasteiger partial charge in [-0.3, -0.25) is 0 Å². The quantitative estimate of drug-likeness (QED) is 0.770. The lowest BCUT2D eigenvalue weighted by atomic mass is 10.2. The lowest BCUT2D eigenvalue weighted by Gasteiger charge is -2.07. The fourth-order valence-electron chi connectivity index (χ4n) is 1.95. The van der Waals surface area contributed by atoms with Crippen LogP contribution in [-0.4, -0.2) is 14.6 Å². The highest BCUT2D eigenvalue weighted by Crippen LogP contribution is 2.17. The highest BCUT2D eigenvalue weighted by atomic mass is 79.9. The van der Waals surface area contributed by atoms with Crippen molar-refractivity contribution in [1.29, 1.82) is 0 Å². The van der Waals surface area contributed by atoms with E-state index >= 15 is 0 Å². The van der Waals surface area contributed by atoms with Crippen molar-refractivity contribution in [3.63, 3.8) is 0 Å². The third-order valence-corrected chi connectivity index (χ3v) is 3.77. The predicted octanol–water partition coefficient (Wildman–Crippen LogP) is 2.56. The van der Waals surface area contributed by atoms with Gasteiger partial charge in [-0.05, 0) is 23.8 Å². The molecule has 0 bridgehead atoms. The van der Waals surface area contributed by atoms with Gasteiger partial charge in [0.15, 0.2) is 5.65 Å². The van der Waals surface area contributed by atoms with E-state index < -0.39 is 0 Å². The number of nitrogens with two attached hydrogens (primary N) is 1. The van der Waals surface area contributed by atoms with Gasteiger partial charge in [0.2, 0.25) is 0 Å². The summed E-state index contributed by atoms with van der Waals surface area (Å²) in [4.78, 5) is 4.34. The van der Waals surface area contributed by atoms with Crippen LogP contribution in [-0.2, 0) is 13.1 Å². The number of nitrogens with zero attached hydrogens (tertiary/aromatic N) is 3. The topological polar surface area (TPSA) is 68.2 Å². The molecule has 0 saturated heterocycles. The van der Waals surface area contributed by atoms with E-state index in [0.717, 1.165) is 21.6 Å². The van der Waals surface area contributed by atoms with Crippen LogP contribution >= 0.6 is 15.9 Å². The van der Waals surface area contributed by atoms with Crippen molar-refractivity contribution in [2.24, 2.45) is 5.73 Å². The predicted molar refractivity (Wildman–Crippen MR) is 82.3 cm³/mol. The second-order valence-electron chi connectivity index (χ2n) is 4.40. The minimum Gasteiger partial charge on any atom is -0.365 e.